The van der Waals surface area contributed by atoms with Crippen LogP contribution in [0, 0.1) is 6.92 Å². The van der Waals surface area contributed by atoms with Crippen molar-refractivity contribution in [2.75, 3.05) is 47.3 Å². The third kappa shape index (κ3) is 7.02. The van der Waals surface area contributed by atoms with Gasteiger partial charge >= 0.3 is 0 Å². The van der Waals surface area contributed by atoms with Gasteiger partial charge in [-0.1, -0.05) is 24.3 Å². The van der Waals surface area contributed by atoms with Gasteiger partial charge in [-0.3, -0.25) is 19.3 Å². The molecule has 4 aromatic rings. The van der Waals surface area contributed by atoms with Gasteiger partial charge in [-0.15, -0.1) is 0 Å². The number of aryl methyl sites for hydroxylation is 1. The average molecular weight is 606 g/mol. The lowest BCUT2D eigenvalue weighted by Crippen LogP contribution is -2.30. The summed E-state index contributed by atoms with van der Waals surface area (Å²) in [7, 11) is 5.65. The van der Waals surface area contributed by atoms with Crippen molar-refractivity contribution < 1.29 is 9.59 Å². The van der Waals surface area contributed by atoms with Crippen molar-refractivity contribution in [3.8, 4) is 11.1 Å². The fourth-order valence-electron chi connectivity index (χ4n) is 6.16. The third-order valence-corrected chi connectivity index (χ3v) is 9.06. The minimum Gasteiger partial charge on any atom is -0.349 e. The number of pyridine rings is 1. The summed E-state index contributed by atoms with van der Waals surface area (Å²) in [6.45, 7) is 7.28. The Labute approximate surface area is 265 Å². The number of hydrogen-bond donors (Lipinski definition) is 1. The molecule has 2 heterocycles. The lowest BCUT2D eigenvalue weighted by atomic mass is 9.94. The van der Waals surface area contributed by atoms with Crippen LogP contribution in [-0.4, -0.2) is 84.4 Å². The summed E-state index contributed by atoms with van der Waals surface area (Å²) in [5.41, 5.74) is 6.38. The Hall–Kier alpha value is -4.27. The first-order chi connectivity index (χ1) is 21.7. The highest BCUT2D eigenvalue weighted by Crippen LogP contribution is 2.30. The van der Waals surface area contributed by atoms with Crippen LogP contribution in [0.1, 0.15) is 56.7 Å². The highest BCUT2D eigenvalue weighted by Gasteiger charge is 2.24. The summed E-state index contributed by atoms with van der Waals surface area (Å²) in [4.78, 5) is 45.6. The first kappa shape index (κ1) is 30.7. The van der Waals surface area contributed by atoms with E-state index in [9.17, 15) is 14.4 Å². The standard InChI is InChI=1S/C37H43N5O3/c1-25-6-9-29(35(43)38-31-13-14-31)21-33(25)28-12-15-32-34(20-28)30(23-41-17-5-16-40(4)18-19-41)24-42(37(32)45)22-26-7-10-27(11-8-26)36(44)39(2)3/h6-12,15,20-21,24,31H,5,13-14,16-19,22-23H2,1-4H3,(H,38,43). The van der Waals surface area contributed by atoms with Gasteiger partial charge in [-0.25, -0.2) is 0 Å². The van der Waals surface area contributed by atoms with Crippen LogP contribution in [0.3, 0.4) is 0 Å². The zero-order chi connectivity index (χ0) is 31.7. The smallest absolute Gasteiger partial charge is 0.258 e. The van der Waals surface area contributed by atoms with E-state index in [1.807, 2.05) is 60.8 Å². The van der Waals surface area contributed by atoms with Crippen LogP contribution < -0.4 is 10.9 Å². The largest absolute Gasteiger partial charge is 0.349 e. The molecule has 1 saturated carbocycles. The Balaban J connectivity index is 1.39. The van der Waals surface area contributed by atoms with Gasteiger partial charge in [0.1, 0.15) is 0 Å². The molecule has 8 nitrogen and oxygen atoms in total. The van der Waals surface area contributed by atoms with Crippen molar-refractivity contribution in [2.24, 2.45) is 0 Å². The normalized spacial score (nSPS) is 16.0. The first-order valence-corrected chi connectivity index (χ1v) is 16.0. The van der Waals surface area contributed by atoms with E-state index in [-0.39, 0.29) is 17.4 Å². The molecule has 2 aliphatic rings. The molecule has 0 atom stereocenters. The van der Waals surface area contributed by atoms with E-state index in [1.165, 1.54) is 0 Å². The van der Waals surface area contributed by atoms with Crippen molar-refractivity contribution >= 4 is 22.6 Å². The summed E-state index contributed by atoms with van der Waals surface area (Å²) in [6, 6.07) is 19.8. The van der Waals surface area contributed by atoms with Gasteiger partial charge in [0.05, 0.1) is 6.54 Å². The number of nitrogens with one attached hydrogen (secondary N) is 1. The number of benzene rings is 3. The van der Waals surface area contributed by atoms with Gasteiger partial charge in [0, 0.05) is 62.5 Å². The second-order valence-corrected chi connectivity index (χ2v) is 13.0. The van der Waals surface area contributed by atoms with Gasteiger partial charge in [0.15, 0.2) is 0 Å². The SMILES string of the molecule is Cc1ccc(C(=O)NC2CC2)cc1-c1ccc2c(=O)n(Cc3ccc(C(=O)N(C)C)cc3)cc(CN3CCCN(C)CC3)c2c1. The molecule has 234 valence electrons. The molecule has 6 rings (SSSR count). The van der Waals surface area contributed by atoms with E-state index in [2.05, 4.69) is 35.2 Å². The monoisotopic (exact) mass is 605 g/mol. The molecule has 3 aromatic carbocycles. The van der Waals surface area contributed by atoms with Gasteiger partial charge in [0.25, 0.3) is 17.4 Å². The molecule has 0 spiro atoms. The number of carbonyl (C=O) groups is 2. The molecule has 1 saturated heterocycles. The number of rotatable bonds is 8. The average Bonchev–Trinajstić information content (AvgIpc) is 3.87. The summed E-state index contributed by atoms with van der Waals surface area (Å²) >= 11 is 0. The Bertz CT molecular complexity index is 1790. The Morgan fingerprint density at radius 3 is 2.36 bits per heavy atom. The maximum atomic E-state index is 13.9. The molecule has 0 unspecified atom stereocenters. The Morgan fingerprint density at radius 2 is 1.62 bits per heavy atom. The van der Waals surface area contributed by atoms with E-state index >= 15 is 0 Å². The van der Waals surface area contributed by atoms with E-state index in [1.54, 1.807) is 23.6 Å². The zero-order valence-corrected chi connectivity index (χ0v) is 26.8. The van der Waals surface area contributed by atoms with Gasteiger partial charge in [-0.05, 0) is 116 Å². The number of hydrogen-bond acceptors (Lipinski definition) is 5. The highest BCUT2D eigenvalue weighted by atomic mass is 16.2. The summed E-state index contributed by atoms with van der Waals surface area (Å²) in [6.07, 6.45) is 5.22. The van der Waals surface area contributed by atoms with Crippen LogP contribution in [0.4, 0.5) is 0 Å². The molecule has 1 aliphatic heterocycles. The van der Waals surface area contributed by atoms with E-state index in [4.69, 9.17) is 0 Å². The third-order valence-electron chi connectivity index (χ3n) is 9.06. The van der Waals surface area contributed by atoms with Gasteiger partial charge in [-0.2, -0.15) is 0 Å². The van der Waals surface area contributed by atoms with Crippen LogP contribution in [0.2, 0.25) is 0 Å². The number of likely N-dealkylation sites (N-methyl/N-ethyl adjacent to an activating group) is 1. The maximum Gasteiger partial charge on any atom is 0.258 e. The fraction of sp³-hybridized carbons (Fsp3) is 0.378. The number of fused-ring (bicyclic) bond motifs is 1. The Morgan fingerprint density at radius 1 is 0.867 bits per heavy atom. The first-order valence-electron chi connectivity index (χ1n) is 16.0. The van der Waals surface area contributed by atoms with Crippen molar-refractivity contribution in [1.29, 1.82) is 0 Å². The molecular formula is C37H43N5O3. The number of nitrogens with zero attached hydrogens (tertiary/aromatic N) is 4. The lowest BCUT2D eigenvalue weighted by Gasteiger charge is -2.22. The van der Waals surface area contributed by atoms with Crippen molar-refractivity contribution in [3.63, 3.8) is 0 Å². The van der Waals surface area contributed by atoms with Crippen molar-refractivity contribution in [3.05, 3.63) is 105 Å². The molecule has 0 bridgehead atoms. The predicted octanol–water partition coefficient (Wildman–Crippen LogP) is 4.76. The van der Waals surface area contributed by atoms with Crippen LogP contribution in [0.5, 0.6) is 0 Å². The van der Waals surface area contributed by atoms with Crippen molar-refractivity contribution in [1.82, 2.24) is 24.6 Å². The molecule has 2 fully saturated rings. The van der Waals surface area contributed by atoms with E-state index in [0.717, 1.165) is 85.2 Å². The number of carbonyl (C=O) groups excluding carboxylic acids is 2. The quantitative estimate of drug-likeness (QED) is 0.314. The fourth-order valence-corrected chi connectivity index (χ4v) is 6.16. The predicted molar refractivity (Wildman–Crippen MR) is 180 cm³/mol. The molecular weight excluding hydrogens is 562 g/mol. The number of aromatic nitrogens is 1. The molecule has 1 aromatic heterocycles. The van der Waals surface area contributed by atoms with Crippen molar-refractivity contribution in [2.45, 2.75) is 45.3 Å². The molecule has 0 radical (unpaired) electrons. The zero-order valence-electron chi connectivity index (χ0n) is 26.8. The second-order valence-electron chi connectivity index (χ2n) is 13.0. The highest BCUT2D eigenvalue weighted by molar-refractivity contribution is 5.97. The van der Waals surface area contributed by atoms with E-state index < -0.39 is 0 Å². The minimum atomic E-state index is -0.0464. The summed E-state index contributed by atoms with van der Waals surface area (Å²) in [5.74, 6) is -0.0803. The topological polar surface area (TPSA) is 77.9 Å². The number of amides is 2. The lowest BCUT2D eigenvalue weighted by molar-refractivity contribution is 0.0827. The van der Waals surface area contributed by atoms with Crippen LogP contribution in [-0.2, 0) is 13.1 Å². The Kier molecular flexibility index (Phi) is 8.88. The summed E-state index contributed by atoms with van der Waals surface area (Å²) in [5, 5.41) is 4.73. The maximum absolute atomic E-state index is 13.9. The minimum absolute atomic E-state index is 0.0339. The van der Waals surface area contributed by atoms with Crippen LogP contribution in [0.15, 0.2) is 71.7 Å². The summed E-state index contributed by atoms with van der Waals surface area (Å²) < 4.78 is 1.80. The molecule has 1 aliphatic carbocycles. The van der Waals surface area contributed by atoms with Crippen LogP contribution >= 0.6 is 0 Å². The van der Waals surface area contributed by atoms with Gasteiger partial charge in [0.2, 0.25) is 0 Å². The molecule has 2 amide bonds. The second kappa shape index (κ2) is 13.0. The molecule has 8 heteroatoms. The molecule has 45 heavy (non-hydrogen) atoms. The van der Waals surface area contributed by atoms with Crippen LogP contribution in [0.25, 0.3) is 21.9 Å². The van der Waals surface area contributed by atoms with E-state index in [0.29, 0.717) is 29.1 Å². The van der Waals surface area contributed by atoms with Gasteiger partial charge < -0.3 is 19.7 Å². The molecule has 1 N–H and O–H groups in total.